The number of anilines is 1. The molecule has 1 unspecified atom stereocenters. The third-order valence-corrected chi connectivity index (χ3v) is 4.36. The molecule has 0 saturated carbocycles. The van der Waals surface area contributed by atoms with E-state index in [2.05, 4.69) is 38.0 Å². The standard InChI is InChI=1S/C14H19FN2S/c1-9(14(2,3)4)8-16-13-17-11-6-5-10(15)7-12(11)18-13/h5-7,9H,8H2,1-4H3,(H,16,17). The van der Waals surface area contributed by atoms with Gasteiger partial charge in [0.25, 0.3) is 0 Å². The Morgan fingerprint density at radius 3 is 2.78 bits per heavy atom. The number of fused-ring (bicyclic) bond motifs is 1. The van der Waals surface area contributed by atoms with Gasteiger partial charge in [0.1, 0.15) is 5.82 Å². The summed E-state index contributed by atoms with van der Waals surface area (Å²) in [6, 6.07) is 4.70. The van der Waals surface area contributed by atoms with Crippen LogP contribution < -0.4 is 5.32 Å². The molecular formula is C14H19FN2S. The number of hydrogen-bond donors (Lipinski definition) is 1. The zero-order valence-electron chi connectivity index (χ0n) is 11.2. The Labute approximate surface area is 111 Å². The monoisotopic (exact) mass is 266 g/mol. The van der Waals surface area contributed by atoms with Gasteiger partial charge in [0.05, 0.1) is 10.2 Å². The minimum Gasteiger partial charge on any atom is -0.361 e. The summed E-state index contributed by atoms with van der Waals surface area (Å²) in [5, 5.41) is 4.21. The lowest BCUT2D eigenvalue weighted by Gasteiger charge is -2.27. The van der Waals surface area contributed by atoms with Crippen molar-refractivity contribution in [3.05, 3.63) is 24.0 Å². The van der Waals surface area contributed by atoms with Gasteiger partial charge in [-0.2, -0.15) is 0 Å². The van der Waals surface area contributed by atoms with Crippen LogP contribution in [-0.2, 0) is 0 Å². The van der Waals surface area contributed by atoms with E-state index in [1.54, 1.807) is 6.07 Å². The number of hydrogen-bond acceptors (Lipinski definition) is 3. The van der Waals surface area contributed by atoms with E-state index in [0.29, 0.717) is 5.92 Å². The number of thiazole rings is 1. The molecule has 4 heteroatoms. The van der Waals surface area contributed by atoms with E-state index in [1.807, 2.05) is 0 Å². The summed E-state index contributed by atoms with van der Waals surface area (Å²) in [7, 11) is 0. The Morgan fingerprint density at radius 1 is 1.39 bits per heavy atom. The molecule has 1 aromatic carbocycles. The summed E-state index contributed by atoms with van der Waals surface area (Å²) in [5.41, 5.74) is 1.13. The molecule has 0 amide bonds. The maximum absolute atomic E-state index is 13.1. The van der Waals surface area contributed by atoms with Crippen molar-refractivity contribution in [2.45, 2.75) is 27.7 Å². The van der Waals surface area contributed by atoms with E-state index in [9.17, 15) is 4.39 Å². The average Bonchev–Trinajstić information content (AvgIpc) is 2.66. The number of aromatic nitrogens is 1. The first-order valence-electron chi connectivity index (χ1n) is 6.16. The highest BCUT2D eigenvalue weighted by atomic mass is 32.1. The quantitative estimate of drug-likeness (QED) is 0.883. The summed E-state index contributed by atoms with van der Waals surface area (Å²) >= 11 is 1.50. The lowest BCUT2D eigenvalue weighted by molar-refractivity contribution is 0.274. The number of nitrogens with zero attached hydrogens (tertiary/aromatic N) is 1. The highest BCUT2D eigenvalue weighted by Crippen LogP contribution is 2.29. The maximum Gasteiger partial charge on any atom is 0.183 e. The predicted octanol–water partition coefficient (Wildman–Crippen LogP) is 4.53. The van der Waals surface area contributed by atoms with Crippen LogP contribution in [0.5, 0.6) is 0 Å². The SMILES string of the molecule is CC(CNc1nc2ccc(F)cc2s1)C(C)(C)C. The largest absolute Gasteiger partial charge is 0.361 e. The van der Waals surface area contributed by atoms with Crippen molar-refractivity contribution >= 4 is 26.7 Å². The molecule has 2 aromatic rings. The first-order chi connectivity index (χ1) is 8.36. The predicted molar refractivity (Wildman–Crippen MR) is 76.7 cm³/mol. The van der Waals surface area contributed by atoms with Gasteiger partial charge in [-0.25, -0.2) is 9.37 Å². The third kappa shape index (κ3) is 2.99. The molecule has 0 bridgehead atoms. The molecule has 0 radical (unpaired) electrons. The molecule has 98 valence electrons. The van der Waals surface area contributed by atoms with Crippen molar-refractivity contribution in [3.63, 3.8) is 0 Å². The number of rotatable bonds is 3. The van der Waals surface area contributed by atoms with Gasteiger partial charge >= 0.3 is 0 Å². The molecule has 1 aromatic heterocycles. The van der Waals surface area contributed by atoms with Gasteiger partial charge in [-0.3, -0.25) is 0 Å². The van der Waals surface area contributed by atoms with Gasteiger partial charge in [-0.05, 0) is 29.5 Å². The summed E-state index contributed by atoms with van der Waals surface area (Å²) in [4.78, 5) is 4.45. The van der Waals surface area contributed by atoms with Gasteiger partial charge in [0, 0.05) is 6.54 Å². The van der Waals surface area contributed by atoms with Crippen LogP contribution in [0.3, 0.4) is 0 Å². The topological polar surface area (TPSA) is 24.9 Å². The molecule has 2 rings (SSSR count). The normalized spacial score (nSPS) is 13.8. The molecule has 1 heterocycles. The number of nitrogens with one attached hydrogen (secondary N) is 1. The minimum absolute atomic E-state index is 0.208. The van der Waals surface area contributed by atoms with Crippen LogP contribution in [0.2, 0.25) is 0 Å². The van der Waals surface area contributed by atoms with E-state index < -0.39 is 0 Å². The van der Waals surface area contributed by atoms with E-state index in [-0.39, 0.29) is 11.2 Å². The van der Waals surface area contributed by atoms with Crippen molar-refractivity contribution in [3.8, 4) is 0 Å². The van der Waals surface area contributed by atoms with Gasteiger partial charge in [0.15, 0.2) is 5.13 Å². The third-order valence-electron chi connectivity index (χ3n) is 3.39. The Kier molecular flexibility index (Phi) is 3.57. The molecule has 0 spiro atoms. The fraction of sp³-hybridized carbons (Fsp3) is 0.500. The summed E-state index contributed by atoms with van der Waals surface area (Å²) in [6.45, 7) is 9.79. The second kappa shape index (κ2) is 4.84. The van der Waals surface area contributed by atoms with E-state index >= 15 is 0 Å². The van der Waals surface area contributed by atoms with Crippen LogP contribution in [0.15, 0.2) is 18.2 Å². The summed E-state index contributed by atoms with van der Waals surface area (Å²) in [5.74, 6) is 0.335. The lowest BCUT2D eigenvalue weighted by atomic mass is 9.82. The smallest absolute Gasteiger partial charge is 0.183 e. The maximum atomic E-state index is 13.1. The van der Waals surface area contributed by atoms with Gasteiger partial charge in [0.2, 0.25) is 0 Å². The second-order valence-corrected chi connectivity index (χ2v) is 6.81. The number of halogens is 1. The molecule has 0 aliphatic carbocycles. The van der Waals surface area contributed by atoms with Crippen molar-refractivity contribution in [2.24, 2.45) is 11.3 Å². The van der Waals surface area contributed by atoms with Crippen molar-refractivity contribution in [2.75, 3.05) is 11.9 Å². The Bertz CT molecular complexity index is 542. The molecule has 1 atom stereocenters. The zero-order valence-corrected chi connectivity index (χ0v) is 12.1. The van der Waals surface area contributed by atoms with Crippen molar-refractivity contribution < 1.29 is 4.39 Å². The van der Waals surface area contributed by atoms with Gasteiger partial charge < -0.3 is 5.32 Å². The van der Waals surface area contributed by atoms with Crippen LogP contribution in [0, 0.1) is 17.2 Å². The van der Waals surface area contributed by atoms with Crippen molar-refractivity contribution in [1.29, 1.82) is 0 Å². The first kappa shape index (κ1) is 13.3. The van der Waals surface area contributed by atoms with E-state index in [1.165, 1.54) is 23.5 Å². The number of benzene rings is 1. The molecule has 0 aliphatic rings. The Balaban J connectivity index is 2.09. The molecular weight excluding hydrogens is 247 g/mol. The highest BCUT2D eigenvalue weighted by molar-refractivity contribution is 7.22. The summed E-state index contributed by atoms with van der Waals surface area (Å²) in [6.07, 6.45) is 0. The van der Waals surface area contributed by atoms with E-state index in [0.717, 1.165) is 21.9 Å². The Hall–Kier alpha value is -1.16. The van der Waals surface area contributed by atoms with Crippen LogP contribution in [0.1, 0.15) is 27.7 Å². The van der Waals surface area contributed by atoms with Crippen LogP contribution >= 0.6 is 11.3 Å². The molecule has 0 saturated heterocycles. The molecule has 18 heavy (non-hydrogen) atoms. The summed E-state index contributed by atoms with van der Waals surface area (Å²) < 4.78 is 14.0. The lowest BCUT2D eigenvalue weighted by Crippen LogP contribution is -2.24. The fourth-order valence-electron chi connectivity index (χ4n) is 1.52. The van der Waals surface area contributed by atoms with Gasteiger partial charge in [-0.1, -0.05) is 39.0 Å². The first-order valence-corrected chi connectivity index (χ1v) is 6.98. The molecule has 1 N–H and O–H groups in total. The van der Waals surface area contributed by atoms with Crippen LogP contribution in [0.25, 0.3) is 10.2 Å². The van der Waals surface area contributed by atoms with E-state index in [4.69, 9.17) is 0 Å². The van der Waals surface area contributed by atoms with Crippen LogP contribution in [-0.4, -0.2) is 11.5 Å². The Morgan fingerprint density at radius 2 is 2.11 bits per heavy atom. The highest BCUT2D eigenvalue weighted by Gasteiger charge is 2.19. The molecule has 2 nitrogen and oxygen atoms in total. The second-order valence-electron chi connectivity index (χ2n) is 5.78. The zero-order chi connectivity index (χ0) is 13.3. The van der Waals surface area contributed by atoms with Crippen LogP contribution in [0.4, 0.5) is 9.52 Å². The van der Waals surface area contributed by atoms with Crippen molar-refractivity contribution in [1.82, 2.24) is 4.98 Å². The molecule has 0 fully saturated rings. The average molecular weight is 266 g/mol. The van der Waals surface area contributed by atoms with Gasteiger partial charge in [-0.15, -0.1) is 0 Å². The minimum atomic E-state index is -0.208. The fourth-order valence-corrected chi connectivity index (χ4v) is 2.42. The molecule has 0 aliphatic heterocycles.